The molecule has 0 spiro atoms. The predicted molar refractivity (Wildman–Crippen MR) is 90.8 cm³/mol. The van der Waals surface area contributed by atoms with E-state index in [4.69, 9.17) is 21.1 Å². The maximum Gasteiger partial charge on any atom is 0.271 e. The Morgan fingerprint density at radius 2 is 2.00 bits per heavy atom. The van der Waals surface area contributed by atoms with Gasteiger partial charge >= 0.3 is 0 Å². The van der Waals surface area contributed by atoms with Crippen LogP contribution in [0.3, 0.4) is 0 Å². The monoisotopic (exact) mass is 332 g/mol. The number of methoxy groups -OCH3 is 2. The van der Waals surface area contributed by atoms with Gasteiger partial charge in [0.25, 0.3) is 5.91 Å². The van der Waals surface area contributed by atoms with Crippen LogP contribution in [0.1, 0.15) is 21.5 Å². The van der Waals surface area contributed by atoms with Crippen molar-refractivity contribution in [2.24, 2.45) is 5.10 Å². The number of aryl methyl sites for hydroxylation is 1. The number of para-hydroxylation sites is 1. The first kappa shape index (κ1) is 16.8. The molecule has 1 N–H and O–H groups in total. The normalized spacial score (nSPS) is 10.6. The van der Waals surface area contributed by atoms with E-state index in [1.807, 2.05) is 13.0 Å². The van der Waals surface area contributed by atoms with E-state index >= 15 is 0 Å². The largest absolute Gasteiger partial charge is 0.493 e. The molecule has 0 radical (unpaired) electrons. The van der Waals surface area contributed by atoms with Crippen molar-refractivity contribution in [1.29, 1.82) is 0 Å². The number of carbonyl (C=O) groups excluding carboxylic acids is 1. The van der Waals surface area contributed by atoms with E-state index in [0.717, 1.165) is 5.56 Å². The average molecular weight is 333 g/mol. The Bertz CT molecular complexity index is 745. The predicted octanol–water partition coefficient (Wildman–Crippen LogP) is 3.43. The molecule has 0 heterocycles. The minimum atomic E-state index is -0.343. The molecule has 2 aromatic rings. The van der Waals surface area contributed by atoms with Crippen LogP contribution in [0.5, 0.6) is 11.5 Å². The van der Waals surface area contributed by atoms with Gasteiger partial charge in [-0.1, -0.05) is 23.7 Å². The molecule has 0 bridgehead atoms. The number of hydrazone groups is 1. The van der Waals surface area contributed by atoms with Gasteiger partial charge in [0.2, 0.25) is 0 Å². The van der Waals surface area contributed by atoms with E-state index in [1.54, 1.807) is 44.6 Å². The first-order valence-corrected chi connectivity index (χ1v) is 7.25. The maximum atomic E-state index is 12.0. The van der Waals surface area contributed by atoms with Gasteiger partial charge in [-0.2, -0.15) is 5.10 Å². The van der Waals surface area contributed by atoms with E-state index in [0.29, 0.717) is 27.6 Å². The summed E-state index contributed by atoms with van der Waals surface area (Å²) in [7, 11) is 3.10. The fraction of sp³-hybridized carbons (Fsp3) is 0.176. The summed E-state index contributed by atoms with van der Waals surface area (Å²) in [5.41, 5.74) is 4.50. The van der Waals surface area contributed by atoms with Crippen molar-refractivity contribution in [2.45, 2.75) is 6.92 Å². The maximum absolute atomic E-state index is 12.0. The average Bonchev–Trinajstić information content (AvgIpc) is 2.56. The molecule has 0 saturated heterocycles. The fourth-order valence-corrected chi connectivity index (χ4v) is 2.15. The molecule has 0 aliphatic carbocycles. The molecule has 0 atom stereocenters. The number of hydrogen-bond donors (Lipinski definition) is 1. The van der Waals surface area contributed by atoms with E-state index < -0.39 is 0 Å². The Hall–Kier alpha value is -2.53. The summed E-state index contributed by atoms with van der Waals surface area (Å²) in [4.78, 5) is 12.0. The first-order valence-electron chi connectivity index (χ1n) is 6.87. The van der Waals surface area contributed by atoms with Gasteiger partial charge in [0, 0.05) is 16.1 Å². The van der Waals surface area contributed by atoms with Crippen molar-refractivity contribution < 1.29 is 14.3 Å². The van der Waals surface area contributed by atoms with Crippen LogP contribution in [0.25, 0.3) is 0 Å². The van der Waals surface area contributed by atoms with Gasteiger partial charge in [-0.3, -0.25) is 4.79 Å². The number of nitrogens with one attached hydrogen (secondary N) is 1. The standard InChI is InChI=1S/C17H17ClN2O3/c1-11-7-8-12(9-14(11)18)17(21)20-19-10-13-5-4-6-15(22-2)16(13)23-3/h4-10H,1-3H3,(H,20,21)/b19-10+. The second kappa shape index (κ2) is 7.65. The van der Waals surface area contributed by atoms with Gasteiger partial charge in [-0.15, -0.1) is 0 Å². The molecule has 0 saturated carbocycles. The van der Waals surface area contributed by atoms with Gasteiger partial charge in [-0.05, 0) is 36.8 Å². The van der Waals surface area contributed by atoms with Crippen LogP contribution < -0.4 is 14.9 Å². The van der Waals surface area contributed by atoms with E-state index in [1.165, 1.54) is 6.21 Å². The van der Waals surface area contributed by atoms with Crippen LogP contribution in [-0.4, -0.2) is 26.3 Å². The highest BCUT2D eigenvalue weighted by Crippen LogP contribution is 2.29. The van der Waals surface area contributed by atoms with Crippen LogP contribution in [0.4, 0.5) is 0 Å². The van der Waals surface area contributed by atoms with Gasteiger partial charge in [0.05, 0.1) is 20.4 Å². The van der Waals surface area contributed by atoms with Crippen molar-refractivity contribution in [3.05, 3.63) is 58.1 Å². The van der Waals surface area contributed by atoms with Crippen LogP contribution in [-0.2, 0) is 0 Å². The number of rotatable bonds is 5. The Kier molecular flexibility index (Phi) is 5.60. The molecule has 6 heteroatoms. The Labute approximate surface area is 139 Å². The summed E-state index contributed by atoms with van der Waals surface area (Å²) in [5, 5.41) is 4.49. The quantitative estimate of drug-likeness (QED) is 0.674. The molecule has 23 heavy (non-hydrogen) atoms. The summed E-state index contributed by atoms with van der Waals surface area (Å²) in [6.07, 6.45) is 1.50. The third-order valence-electron chi connectivity index (χ3n) is 3.24. The molecular formula is C17H17ClN2O3. The molecule has 1 amide bonds. The summed E-state index contributed by atoms with van der Waals surface area (Å²) in [5.74, 6) is 0.796. The molecule has 2 aromatic carbocycles. The topological polar surface area (TPSA) is 59.9 Å². The fourth-order valence-electron chi connectivity index (χ4n) is 1.97. The lowest BCUT2D eigenvalue weighted by molar-refractivity contribution is 0.0955. The van der Waals surface area contributed by atoms with Crippen molar-refractivity contribution in [3.8, 4) is 11.5 Å². The molecule has 2 rings (SSSR count). The molecular weight excluding hydrogens is 316 g/mol. The van der Waals surface area contributed by atoms with Crippen LogP contribution in [0.15, 0.2) is 41.5 Å². The third kappa shape index (κ3) is 4.02. The minimum absolute atomic E-state index is 0.343. The highest BCUT2D eigenvalue weighted by Gasteiger charge is 2.08. The van der Waals surface area contributed by atoms with E-state index in [9.17, 15) is 4.79 Å². The lowest BCUT2D eigenvalue weighted by Crippen LogP contribution is -2.17. The summed E-state index contributed by atoms with van der Waals surface area (Å²) in [6, 6.07) is 10.5. The molecule has 0 fully saturated rings. The molecule has 0 aromatic heterocycles. The highest BCUT2D eigenvalue weighted by molar-refractivity contribution is 6.31. The minimum Gasteiger partial charge on any atom is -0.493 e. The summed E-state index contributed by atoms with van der Waals surface area (Å²) in [6.45, 7) is 1.87. The second-order valence-electron chi connectivity index (χ2n) is 4.75. The zero-order valence-electron chi connectivity index (χ0n) is 13.1. The Morgan fingerprint density at radius 3 is 2.65 bits per heavy atom. The Balaban J connectivity index is 2.12. The highest BCUT2D eigenvalue weighted by atomic mass is 35.5. The van der Waals surface area contributed by atoms with Crippen molar-refractivity contribution in [2.75, 3.05) is 14.2 Å². The second-order valence-corrected chi connectivity index (χ2v) is 5.15. The number of carbonyl (C=O) groups is 1. The SMILES string of the molecule is COc1cccc(/C=N/NC(=O)c2ccc(C)c(Cl)c2)c1OC. The molecule has 0 unspecified atom stereocenters. The van der Waals surface area contributed by atoms with E-state index in [-0.39, 0.29) is 5.91 Å². The lowest BCUT2D eigenvalue weighted by atomic mass is 10.1. The van der Waals surface area contributed by atoms with E-state index in [2.05, 4.69) is 10.5 Å². The van der Waals surface area contributed by atoms with Crippen molar-refractivity contribution >= 4 is 23.7 Å². The molecule has 0 aliphatic heterocycles. The van der Waals surface area contributed by atoms with Gasteiger partial charge in [0.1, 0.15) is 0 Å². The van der Waals surface area contributed by atoms with Crippen molar-refractivity contribution in [1.82, 2.24) is 5.43 Å². The molecule has 5 nitrogen and oxygen atoms in total. The number of halogens is 1. The zero-order valence-corrected chi connectivity index (χ0v) is 13.8. The van der Waals surface area contributed by atoms with Gasteiger partial charge in [0.15, 0.2) is 11.5 Å². The van der Waals surface area contributed by atoms with Crippen molar-refractivity contribution in [3.63, 3.8) is 0 Å². The number of benzene rings is 2. The number of amides is 1. The number of nitrogens with zero attached hydrogens (tertiary/aromatic N) is 1. The number of ether oxygens (including phenoxy) is 2. The smallest absolute Gasteiger partial charge is 0.271 e. The molecule has 120 valence electrons. The number of hydrogen-bond acceptors (Lipinski definition) is 4. The zero-order chi connectivity index (χ0) is 16.8. The lowest BCUT2D eigenvalue weighted by Gasteiger charge is -2.09. The summed E-state index contributed by atoms with van der Waals surface area (Å²) < 4.78 is 10.5. The van der Waals surface area contributed by atoms with Gasteiger partial charge < -0.3 is 9.47 Å². The van der Waals surface area contributed by atoms with Crippen LogP contribution in [0.2, 0.25) is 5.02 Å². The third-order valence-corrected chi connectivity index (χ3v) is 3.64. The Morgan fingerprint density at radius 1 is 1.22 bits per heavy atom. The summed E-state index contributed by atoms with van der Waals surface area (Å²) >= 11 is 6.01. The van der Waals surface area contributed by atoms with Crippen LogP contribution >= 0.6 is 11.6 Å². The van der Waals surface area contributed by atoms with Crippen LogP contribution in [0, 0.1) is 6.92 Å². The first-order chi connectivity index (χ1) is 11.1. The molecule has 0 aliphatic rings. The van der Waals surface area contributed by atoms with Gasteiger partial charge in [-0.25, -0.2) is 5.43 Å².